The third-order valence-corrected chi connectivity index (χ3v) is 5.27. The largest absolute Gasteiger partial charge is 0.328 e. The number of amides is 1. The Kier molecular flexibility index (Phi) is 4.25. The molecule has 26 heavy (non-hydrogen) atoms. The van der Waals surface area contributed by atoms with Gasteiger partial charge < -0.3 is 4.90 Å². The lowest BCUT2D eigenvalue weighted by Crippen LogP contribution is -2.39. The molecule has 1 fully saturated rings. The summed E-state index contributed by atoms with van der Waals surface area (Å²) in [5, 5.41) is 3.53. The maximum Gasteiger partial charge on any atom is 0.283 e. The van der Waals surface area contributed by atoms with Crippen molar-refractivity contribution < 1.29 is 18.0 Å². The summed E-state index contributed by atoms with van der Waals surface area (Å²) in [7, 11) is 1.23. The zero-order valence-electron chi connectivity index (χ0n) is 14.5. The highest BCUT2D eigenvalue weighted by molar-refractivity contribution is 5.96. The van der Waals surface area contributed by atoms with Gasteiger partial charge in [-0.2, -0.15) is 9.49 Å². The van der Waals surface area contributed by atoms with Gasteiger partial charge in [-0.15, -0.1) is 0 Å². The van der Waals surface area contributed by atoms with Crippen molar-refractivity contribution in [1.82, 2.24) is 14.7 Å². The van der Waals surface area contributed by atoms with Crippen molar-refractivity contribution in [2.75, 3.05) is 0 Å². The second kappa shape index (κ2) is 6.45. The zero-order chi connectivity index (χ0) is 18.4. The van der Waals surface area contributed by atoms with Crippen LogP contribution in [0.5, 0.6) is 0 Å². The van der Waals surface area contributed by atoms with E-state index in [1.165, 1.54) is 12.6 Å². The number of benzene rings is 1. The van der Waals surface area contributed by atoms with Gasteiger partial charge in [0.1, 0.15) is 11.3 Å². The van der Waals surface area contributed by atoms with Gasteiger partial charge >= 0.3 is 0 Å². The quantitative estimate of drug-likeness (QED) is 0.817. The Bertz CT molecular complexity index is 845. The fourth-order valence-electron chi connectivity index (χ4n) is 3.93. The Morgan fingerprint density at radius 2 is 2.00 bits per heavy atom. The van der Waals surface area contributed by atoms with Crippen LogP contribution in [0.2, 0.25) is 0 Å². The minimum Gasteiger partial charge on any atom is -0.328 e. The van der Waals surface area contributed by atoms with Gasteiger partial charge in [0.2, 0.25) is 5.95 Å². The van der Waals surface area contributed by atoms with Crippen LogP contribution in [0.3, 0.4) is 0 Å². The molecule has 138 valence electrons. The molecule has 1 aromatic heterocycles. The molecule has 7 heteroatoms. The second-order valence-electron chi connectivity index (χ2n) is 7.03. The lowest BCUT2D eigenvalue weighted by Gasteiger charge is -2.36. The Hall–Kier alpha value is -2.31. The molecule has 0 radical (unpaired) electrons. The topological polar surface area (TPSA) is 38.1 Å². The molecule has 4 rings (SSSR count). The van der Waals surface area contributed by atoms with E-state index in [0.29, 0.717) is 4.68 Å². The SMILES string of the molecule is Cn1nc(C(F)F)c(C(=O)N(C2CC2)C2CCCc3ccccc32)c1F. The first kappa shape index (κ1) is 17.1. The summed E-state index contributed by atoms with van der Waals surface area (Å²) in [5.74, 6) is -1.67. The summed E-state index contributed by atoms with van der Waals surface area (Å²) >= 11 is 0. The van der Waals surface area contributed by atoms with Crippen LogP contribution < -0.4 is 0 Å². The van der Waals surface area contributed by atoms with Crippen LogP contribution in [0.25, 0.3) is 0 Å². The molecular formula is C19H20F3N3O. The first-order valence-corrected chi connectivity index (χ1v) is 8.90. The predicted molar refractivity (Wildman–Crippen MR) is 89.4 cm³/mol. The van der Waals surface area contributed by atoms with E-state index >= 15 is 0 Å². The van der Waals surface area contributed by atoms with E-state index in [1.54, 1.807) is 4.90 Å². The number of carbonyl (C=O) groups is 1. The molecule has 0 spiro atoms. The van der Waals surface area contributed by atoms with E-state index in [1.807, 2.05) is 24.3 Å². The fraction of sp³-hybridized carbons (Fsp3) is 0.474. The van der Waals surface area contributed by atoms with Crippen molar-refractivity contribution >= 4 is 5.91 Å². The monoisotopic (exact) mass is 363 g/mol. The number of hydrogen-bond acceptors (Lipinski definition) is 2. The number of nitrogens with zero attached hydrogens (tertiary/aromatic N) is 3. The molecular weight excluding hydrogens is 343 g/mol. The van der Waals surface area contributed by atoms with Gasteiger partial charge in [0.15, 0.2) is 0 Å². The third-order valence-electron chi connectivity index (χ3n) is 5.27. The van der Waals surface area contributed by atoms with Gasteiger partial charge in [-0.25, -0.2) is 13.5 Å². The number of rotatable bonds is 4. The van der Waals surface area contributed by atoms with E-state index in [2.05, 4.69) is 5.10 Å². The Balaban J connectivity index is 1.77. The third kappa shape index (κ3) is 2.79. The van der Waals surface area contributed by atoms with Crippen LogP contribution in [0, 0.1) is 5.95 Å². The van der Waals surface area contributed by atoms with E-state index in [0.717, 1.165) is 37.7 Å². The summed E-state index contributed by atoms with van der Waals surface area (Å²) in [5.41, 5.74) is 0.854. The van der Waals surface area contributed by atoms with Crippen LogP contribution in [-0.2, 0) is 13.5 Å². The number of hydrogen-bond donors (Lipinski definition) is 0. The average molecular weight is 363 g/mol. The smallest absolute Gasteiger partial charge is 0.283 e. The van der Waals surface area contributed by atoms with Gasteiger partial charge in [0.25, 0.3) is 12.3 Å². The molecule has 0 N–H and O–H groups in total. The molecule has 2 aliphatic carbocycles. The Morgan fingerprint density at radius 1 is 1.27 bits per heavy atom. The summed E-state index contributed by atoms with van der Waals surface area (Å²) in [6, 6.07) is 7.66. The number of carbonyl (C=O) groups excluding carboxylic acids is 1. The molecule has 0 aliphatic heterocycles. The highest BCUT2D eigenvalue weighted by Crippen LogP contribution is 2.42. The highest BCUT2D eigenvalue weighted by atomic mass is 19.3. The van der Waals surface area contributed by atoms with Crippen molar-refractivity contribution in [3.05, 3.63) is 52.6 Å². The second-order valence-corrected chi connectivity index (χ2v) is 7.03. The summed E-state index contributed by atoms with van der Waals surface area (Å²) in [6.45, 7) is 0. The van der Waals surface area contributed by atoms with Crippen molar-refractivity contribution in [2.24, 2.45) is 7.05 Å². The van der Waals surface area contributed by atoms with Gasteiger partial charge in [-0.1, -0.05) is 24.3 Å². The summed E-state index contributed by atoms with van der Waals surface area (Å²) < 4.78 is 41.8. The molecule has 1 heterocycles. The lowest BCUT2D eigenvalue weighted by molar-refractivity contribution is 0.0621. The van der Waals surface area contributed by atoms with E-state index in [9.17, 15) is 18.0 Å². The molecule has 2 aliphatic rings. The van der Waals surface area contributed by atoms with E-state index < -0.39 is 29.5 Å². The first-order valence-electron chi connectivity index (χ1n) is 8.90. The first-order chi connectivity index (χ1) is 12.5. The fourth-order valence-corrected chi connectivity index (χ4v) is 3.93. The number of alkyl halides is 2. The molecule has 1 atom stereocenters. The molecule has 1 saturated carbocycles. The minimum absolute atomic E-state index is 0.0243. The van der Waals surface area contributed by atoms with Crippen molar-refractivity contribution in [3.8, 4) is 0 Å². The van der Waals surface area contributed by atoms with Gasteiger partial charge in [-0.3, -0.25) is 4.79 Å². The highest BCUT2D eigenvalue weighted by Gasteiger charge is 2.42. The molecule has 0 bridgehead atoms. The van der Waals surface area contributed by atoms with E-state index in [4.69, 9.17) is 0 Å². The van der Waals surface area contributed by atoms with Crippen LogP contribution >= 0.6 is 0 Å². The van der Waals surface area contributed by atoms with Gasteiger partial charge in [0.05, 0.1) is 6.04 Å². The zero-order valence-corrected chi connectivity index (χ0v) is 14.5. The molecule has 0 saturated heterocycles. The standard InChI is InChI=1S/C19H20F3N3O/c1-24-18(22)15(16(23-24)17(20)21)19(26)25(12-9-10-12)14-8-4-6-11-5-2-3-7-13(11)14/h2-3,5,7,12,14,17H,4,6,8-10H2,1H3. The van der Waals surface area contributed by atoms with Crippen LogP contribution in [0.4, 0.5) is 13.2 Å². The van der Waals surface area contributed by atoms with Gasteiger partial charge in [-0.05, 0) is 43.2 Å². The summed E-state index contributed by atoms with van der Waals surface area (Å²) in [4.78, 5) is 14.8. The van der Waals surface area contributed by atoms with Gasteiger partial charge in [0, 0.05) is 13.1 Å². The minimum atomic E-state index is -3.00. The molecule has 4 nitrogen and oxygen atoms in total. The predicted octanol–water partition coefficient (Wildman–Crippen LogP) is 4.18. The molecule has 1 aromatic carbocycles. The number of fused-ring (bicyclic) bond motifs is 1. The normalized spacial score (nSPS) is 19.5. The Morgan fingerprint density at radius 3 is 2.69 bits per heavy atom. The van der Waals surface area contributed by atoms with Crippen LogP contribution in [-0.4, -0.2) is 26.6 Å². The Labute approximate surface area is 149 Å². The van der Waals surface area contributed by atoms with E-state index in [-0.39, 0.29) is 12.1 Å². The number of halogens is 3. The molecule has 1 unspecified atom stereocenters. The number of aryl methyl sites for hydroxylation is 2. The van der Waals surface area contributed by atoms with Crippen LogP contribution in [0.1, 0.15) is 65.3 Å². The van der Waals surface area contributed by atoms with Crippen molar-refractivity contribution in [2.45, 2.75) is 50.6 Å². The number of aromatic nitrogens is 2. The average Bonchev–Trinajstić information content (AvgIpc) is 3.41. The molecule has 2 aromatic rings. The molecule has 1 amide bonds. The summed E-state index contributed by atoms with van der Waals surface area (Å²) in [6.07, 6.45) is 1.24. The van der Waals surface area contributed by atoms with Crippen molar-refractivity contribution in [1.29, 1.82) is 0 Å². The van der Waals surface area contributed by atoms with Crippen molar-refractivity contribution in [3.63, 3.8) is 0 Å². The lowest BCUT2D eigenvalue weighted by atomic mass is 9.86. The maximum absolute atomic E-state index is 14.5. The van der Waals surface area contributed by atoms with Crippen LogP contribution in [0.15, 0.2) is 24.3 Å². The maximum atomic E-state index is 14.5.